The number of hydrogen-bond acceptors (Lipinski definition) is 4. The van der Waals surface area contributed by atoms with E-state index in [1.807, 2.05) is 11.4 Å². The van der Waals surface area contributed by atoms with E-state index in [-0.39, 0.29) is 5.78 Å². The number of aryl methyl sites for hydroxylation is 1. The highest BCUT2D eigenvalue weighted by atomic mass is 32.2. The van der Waals surface area contributed by atoms with Crippen LogP contribution in [0.2, 0.25) is 0 Å². The number of Topliss-reactive ketones (excluding diaryl/α,β-unsaturated/α-hetero) is 1. The average Bonchev–Trinajstić information content (AvgIpc) is 3.17. The molecule has 0 aliphatic carbocycles. The Hall–Kier alpha value is -1.85. The molecule has 106 valence electrons. The minimum absolute atomic E-state index is 0.0945. The Morgan fingerprint density at radius 1 is 1.29 bits per heavy atom. The van der Waals surface area contributed by atoms with E-state index in [1.165, 1.54) is 17.3 Å². The molecule has 0 atom stereocenters. The monoisotopic (exact) mass is 314 g/mol. The fourth-order valence-corrected chi connectivity index (χ4v) is 3.61. The third-order valence-electron chi connectivity index (χ3n) is 3.06. The lowest BCUT2D eigenvalue weighted by molar-refractivity contribution is 0.101. The van der Waals surface area contributed by atoms with Gasteiger partial charge in [0, 0.05) is 17.1 Å². The van der Waals surface area contributed by atoms with E-state index in [0.717, 1.165) is 15.6 Å². The molecular formula is C16H14N2OS2. The molecule has 0 bridgehead atoms. The summed E-state index contributed by atoms with van der Waals surface area (Å²) in [4.78, 5) is 19.4. The molecule has 0 aliphatic heterocycles. The number of nitrogens with zero attached hydrogens (tertiary/aromatic N) is 1. The number of carbonyl (C=O) groups excluding carboxylic acids is 1. The van der Waals surface area contributed by atoms with Crippen molar-refractivity contribution < 1.29 is 4.79 Å². The van der Waals surface area contributed by atoms with Crippen LogP contribution in [0.5, 0.6) is 0 Å². The van der Waals surface area contributed by atoms with Crippen LogP contribution in [0.4, 0.5) is 0 Å². The summed E-state index contributed by atoms with van der Waals surface area (Å²) in [6.45, 7) is 2.07. The maximum Gasteiger partial charge on any atom is 0.189 e. The highest BCUT2D eigenvalue weighted by Gasteiger charge is 2.10. The second kappa shape index (κ2) is 6.28. The van der Waals surface area contributed by atoms with Crippen LogP contribution in [0.25, 0.3) is 11.3 Å². The van der Waals surface area contributed by atoms with Crippen LogP contribution in [-0.4, -0.2) is 21.5 Å². The zero-order valence-electron chi connectivity index (χ0n) is 11.5. The Bertz CT molecular complexity index is 730. The van der Waals surface area contributed by atoms with Crippen molar-refractivity contribution in [3.63, 3.8) is 0 Å². The molecule has 0 fully saturated rings. The van der Waals surface area contributed by atoms with Crippen molar-refractivity contribution in [3.05, 3.63) is 59.2 Å². The zero-order chi connectivity index (χ0) is 14.7. The molecule has 3 nitrogen and oxygen atoms in total. The van der Waals surface area contributed by atoms with Crippen LogP contribution >= 0.6 is 23.1 Å². The molecule has 2 heterocycles. The molecule has 1 aromatic carbocycles. The second-order valence-electron chi connectivity index (χ2n) is 4.66. The number of nitrogens with one attached hydrogen (secondary N) is 1. The fraction of sp³-hybridized carbons (Fsp3) is 0.125. The largest absolute Gasteiger partial charge is 0.359 e. The third-order valence-corrected chi connectivity index (χ3v) is 5.08. The summed E-state index contributed by atoms with van der Waals surface area (Å²) >= 11 is 3.06. The normalized spacial score (nSPS) is 10.7. The average molecular weight is 314 g/mol. The molecule has 1 N–H and O–H groups in total. The van der Waals surface area contributed by atoms with Gasteiger partial charge in [-0.15, -0.1) is 11.3 Å². The topological polar surface area (TPSA) is 45.8 Å². The number of benzene rings is 1. The summed E-state index contributed by atoms with van der Waals surface area (Å²) < 4.78 is 0.922. The molecule has 0 saturated carbocycles. The van der Waals surface area contributed by atoms with Crippen molar-refractivity contribution in [2.24, 2.45) is 0 Å². The lowest BCUT2D eigenvalue weighted by atomic mass is 10.1. The van der Waals surface area contributed by atoms with Crippen LogP contribution in [0.1, 0.15) is 16.1 Å². The van der Waals surface area contributed by atoms with Crippen LogP contribution in [0.15, 0.2) is 52.3 Å². The second-order valence-corrected chi connectivity index (χ2v) is 6.74. The molecule has 0 spiro atoms. The molecule has 3 aromatic rings. The Morgan fingerprint density at radius 2 is 2.10 bits per heavy atom. The first-order chi connectivity index (χ1) is 10.2. The number of aromatic nitrogens is 2. The number of rotatable bonds is 5. The van der Waals surface area contributed by atoms with Gasteiger partial charge in [0.25, 0.3) is 0 Å². The number of aromatic amines is 1. The Balaban J connectivity index is 1.65. The van der Waals surface area contributed by atoms with Gasteiger partial charge in [0.1, 0.15) is 0 Å². The molecule has 5 heteroatoms. The zero-order valence-corrected chi connectivity index (χ0v) is 13.1. The number of H-pyrrole nitrogens is 1. The molecular weight excluding hydrogens is 300 g/mol. The molecule has 0 aliphatic rings. The fourth-order valence-electron chi connectivity index (χ4n) is 1.89. The molecule has 0 unspecified atom stereocenters. The first-order valence-corrected chi connectivity index (χ1v) is 8.41. The number of carbonyl (C=O) groups is 1. The van der Waals surface area contributed by atoms with Gasteiger partial charge in [-0.05, 0) is 19.1 Å². The van der Waals surface area contributed by atoms with Crippen LogP contribution in [-0.2, 0) is 0 Å². The summed E-state index contributed by atoms with van der Waals surface area (Å²) in [6.07, 6.45) is 1.76. The molecule has 2 aromatic heterocycles. The van der Waals surface area contributed by atoms with Gasteiger partial charge in [0.05, 0.1) is 17.1 Å². The van der Waals surface area contributed by atoms with E-state index < -0.39 is 0 Å². The van der Waals surface area contributed by atoms with Gasteiger partial charge in [-0.1, -0.05) is 41.6 Å². The Kier molecular flexibility index (Phi) is 4.22. The Morgan fingerprint density at radius 3 is 2.81 bits per heavy atom. The highest BCUT2D eigenvalue weighted by molar-refractivity contribution is 8.01. The van der Waals surface area contributed by atoms with Gasteiger partial charge in [0.15, 0.2) is 10.1 Å². The van der Waals surface area contributed by atoms with E-state index in [0.29, 0.717) is 11.4 Å². The third kappa shape index (κ3) is 3.43. The van der Waals surface area contributed by atoms with Crippen LogP contribution in [0, 0.1) is 6.92 Å². The summed E-state index contributed by atoms with van der Waals surface area (Å²) in [6, 6.07) is 11.9. The highest BCUT2D eigenvalue weighted by Crippen LogP contribution is 2.28. The quantitative estimate of drug-likeness (QED) is 0.560. The minimum Gasteiger partial charge on any atom is -0.359 e. The van der Waals surface area contributed by atoms with E-state index in [2.05, 4.69) is 41.2 Å². The summed E-state index contributed by atoms with van der Waals surface area (Å²) in [7, 11) is 0. The molecule has 0 saturated heterocycles. The minimum atomic E-state index is 0.0945. The van der Waals surface area contributed by atoms with E-state index in [9.17, 15) is 4.79 Å². The molecule has 21 heavy (non-hydrogen) atoms. The van der Waals surface area contributed by atoms with Gasteiger partial charge in [-0.25, -0.2) is 4.98 Å². The van der Waals surface area contributed by atoms with Crippen LogP contribution in [0.3, 0.4) is 0 Å². The maximum absolute atomic E-state index is 11.9. The van der Waals surface area contributed by atoms with Crippen LogP contribution < -0.4 is 0 Å². The predicted molar refractivity (Wildman–Crippen MR) is 88.1 cm³/mol. The van der Waals surface area contributed by atoms with Crippen molar-refractivity contribution >= 4 is 28.9 Å². The summed E-state index contributed by atoms with van der Waals surface area (Å²) in [5, 5.41) is 2.03. The molecule has 0 amide bonds. The van der Waals surface area contributed by atoms with Crippen molar-refractivity contribution in [2.45, 2.75) is 11.3 Å². The van der Waals surface area contributed by atoms with Gasteiger partial charge in [-0.2, -0.15) is 0 Å². The molecule has 0 radical (unpaired) electrons. The van der Waals surface area contributed by atoms with Crippen molar-refractivity contribution in [2.75, 3.05) is 5.75 Å². The van der Waals surface area contributed by atoms with Gasteiger partial charge in [-0.3, -0.25) is 4.79 Å². The lowest BCUT2D eigenvalue weighted by Gasteiger charge is -1.98. The van der Waals surface area contributed by atoms with E-state index in [4.69, 9.17) is 0 Å². The van der Waals surface area contributed by atoms with E-state index >= 15 is 0 Å². The van der Waals surface area contributed by atoms with Crippen molar-refractivity contribution in [3.8, 4) is 11.3 Å². The van der Waals surface area contributed by atoms with Crippen molar-refractivity contribution in [1.29, 1.82) is 0 Å². The van der Waals surface area contributed by atoms with E-state index in [1.54, 1.807) is 23.6 Å². The number of hydrogen-bond donors (Lipinski definition) is 1. The Labute approximate surface area is 131 Å². The maximum atomic E-state index is 11.9. The van der Waals surface area contributed by atoms with Gasteiger partial charge < -0.3 is 4.98 Å². The smallest absolute Gasteiger partial charge is 0.189 e. The predicted octanol–water partition coefficient (Wildman–Crippen LogP) is 4.42. The number of ketones is 1. The first kappa shape index (κ1) is 14.1. The number of thiazole rings is 1. The molecule has 3 rings (SSSR count). The van der Waals surface area contributed by atoms with Crippen molar-refractivity contribution in [1.82, 2.24) is 9.97 Å². The first-order valence-electron chi connectivity index (χ1n) is 6.54. The lowest BCUT2D eigenvalue weighted by Crippen LogP contribution is -2.02. The summed E-state index contributed by atoms with van der Waals surface area (Å²) in [5.74, 6) is 0.499. The van der Waals surface area contributed by atoms with Gasteiger partial charge in [0.2, 0.25) is 0 Å². The SMILES string of the molecule is Cc1ccc(-c2csc(SCC(=O)c3ccc[nH]3)n2)cc1. The number of thioether (sulfide) groups is 1. The van der Waals surface area contributed by atoms with Gasteiger partial charge >= 0.3 is 0 Å². The summed E-state index contributed by atoms with van der Waals surface area (Å²) in [5.41, 5.74) is 3.96. The standard InChI is InChI=1S/C16H14N2OS2/c1-11-4-6-12(7-5-11)14-9-20-16(18-14)21-10-15(19)13-3-2-8-17-13/h2-9,17H,10H2,1H3.